The molecule has 0 atom stereocenters. The number of hydrogen-bond donors (Lipinski definition) is 0. The van der Waals surface area contributed by atoms with Crippen molar-refractivity contribution in [3.63, 3.8) is 0 Å². The first kappa shape index (κ1) is 15.7. The normalized spacial score (nSPS) is 9.75. The quantitative estimate of drug-likeness (QED) is 0.601. The first-order valence-electron chi connectivity index (χ1n) is 6.10. The van der Waals surface area contributed by atoms with Crippen LogP contribution in [0.5, 0.6) is 0 Å². The van der Waals surface area contributed by atoms with Crippen LogP contribution in [0.15, 0.2) is 24.3 Å². The molecule has 6 nitrogen and oxygen atoms in total. The molecule has 0 aliphatic carbocycles. The Morgan fingerprint density at radius 1 is 1.20 bits per heavy atom. The molecule has 0 N–H and O–H groups in total. The topological polar surface area (TPSA) is 72.9 Å². The third-order valence-corrected chi connectivity index (χ3v) is 2.65. The van der Waals surface area contributed by atoms with Crippen LogP contribution >= 0.6 is 0 Å². The summed E-state index contributed by atoms with van der Waals surface area (Å²) < 4.78 is 9.38. The highest BCUT2D eigenvalue weighted by atomic mass is 16.5. The monoisotopic (exact) mass is 279 g/mol. The molecule has 0 saturated heterocycles. The third kappa shape index (κ3) is 3.81. The molecule has 6 heteroatoms. The van der Waals surface area contributed by atoms with Gasteiger partial charge >= 0.3 is 11.9 Å². The minimum absolute atomic E-state index is 0.217. The predicted molar refractivity (Wildman–Crippen MR) is 72.4 cm³/mol. The molecule has 1 aromatic carbocycles. The average Bonchev–Trinajstić information content (AvgIpc) is 2.45. The van der Waals surface area contributed by atoms with Gasteiger partial charge in [0.1, 0.15) is 6.42 Å². The second kappa shape index (κ2) is 7.28. The zero-order valence-corrected chi connectivity index (χ0v) is 11.7. The molecule has 0 spiro atoms. The molecule has 0 aromatic heterocycles. The Balaban J connectivity index is 2.91. The Morgan fingerprint density at radius 3 is 2.45 bits per heavy atom. The van der Waals surface area contributed by atoms with Gasteiger partial charge in [0.15, 0.2) is 0 Å². The molecule has 0 bridgehead atoms. The van der Waals surface area contributed by atoms with Gasteiger partial charge in [-0.3, -0.25) is 9.59 Å². The number of anilines is 1. The number of carbonyl (C=O) groups excluding carboxylic acids is 3. The Kier molecular flexibility index (Phi) is 5.71. The molecule has 0 radical (unpaired) electrons. The van der Waals surface area contributed by atoms with Gasteiger partial charge in [-0.05, 0) is 19.1 Å². The molecule has 0 saturated carbocycles. The summed E-state index contributed by atoms with van der Waals surface area (Å²) in [6.45, 7) is 1.88. The summed E-state index contributed by atoms with van der Waals surface area (Å²) >= 11 is 0. The zero-order chi connectivity index (χ0) is 15.1. The lowest BCUT2D eigenvalue weighted by Gasteiger charge is -2.19. The Labute approximate surface area is 117 Å². The molecular weight excluding hydrogens is 262 g/mol. The van der Waals surface area contributed by atoms with E-state index >= 15 is 0 Å². The number of carbonyl (C=O) groups is 3. The van der Waals surface area contributed by atoms with Crippen molar-refractivity contribution in [2.45, 2.75) is 13.3 Å². The van der Waals surface area contributed by atoms with Crippen LogP contribution in [0.3, 0.4) is 0 Å². The highest BCUT2D eigenvalue weighted by Gasteiger charge is 2.21. The van der Waals surface area contributed by atoms with E-state index in [0.29, 0.717) is 5.69 Å². The van der Waals surface area contributed by atoms with E-state index in [-0.39, 0.29) is 18.6 Å². The maximum atomic E-state index is 12.0. The van der Waals surface area contributed by atoms with E-state index < -0.39 is 17.8 Å². The van der Waals surface area contributed by atoms with Crippen LogP contribution in [-0.4, -0.2) is 38.6 Å². The zero-order valence-electron chi connectivity index (χ0n) is 11.7. The number of esters is 2. The van der Waals surface area contributed by atoms with Crippen molar-refractivity contribution in [1.29, 1.82) is 0 Å². The predicted octanol–water partition coefficient (Wildman–Crippen LogP) is 1.39. The summed E-state index contributed by atoms with van der Waals surface area (Å²) in [4.78, 5) is 36.1. The Bertz CT molecular complexity index is 512. The minimum atomic E-state index is -0.597. The van der Waals surface area contributed by atoms with Crippen LogP contribution in [0, 0.1) is 0 Å². The molecular formula is C14H17NO5. The maximum Gasteiger partial charge on any atom is 0.339 e. The van der Waals surface area contributed by atoms with Crippen molar-refractivity contribution in [3.8, 4) is 0 Å². The summed E-state index contributed by atoms with van der Waals surface area (Å²) in [5.41, 5.74) is 0.642. The molecule has 20 heavy (non-hydrogen) atoms. The Morgan fingerprint density at radius 2 is 1.85 bits per heavy atom. The van der Waals surface area contributed by atoms with E-state index in [0.717, 1.165) is 0 Å². The highest BCUT2D eigenvalue weighted by molar-refractivity contribution is 6.06. The van der Waals surface area contributed by atoms with Crippen molar-refractivity contribution < 1.29 is 23.9 Å². The number of benzene rings is 1. The molecule has 0 aliphatic rings. The van der Waals surface area contributed by atoms with E-state index in [1.807, 2.05) is 0 Å². The van der Waals surface area contributed by atoms with Crippen LogP contribution in [-0.2, 0) is 19.1 Å². The number of hydrogen-bond acceptors (Lipinski definition) is 5. The smallest absolute Gasteiger partial charge is 0.339 e. The van der Waals surface area contributed by atoms with Crippen molar-refractivity contribution in [2.24, 2.45) is 0 Å². The van der Waals surface area contributed by atoms with E-state index in [2.05, 4.69) is 4.74 Å². The van der Waals surface area contributed by atoms with Gasteiger partial charge in [-0.15, -0.1) is 0 Å². The van der Waals surface area contributed by atoms with Crippen molar-refractivity contribution in [3.05, 3.63) is 29.8 Å². The van der Waals surface area contributed by atoms with E-state index in [4.69, 9.17) is 4.74 Å². The van der Waals surface area contributed by atoms with Crippen LogP contribution in [0.2, 0.25) is 0 Å². The number of rotatable bonds is 5. The number of ether oxygens (including phenoxy) is 2. The average molecular weight is 279 g/mol. The summed E-state index contributed by atoms with van der Waals surface area (Å²) in [5.74, 6) is -1.60. The van der Waals surface area contributed by atoms with Gasteiger partial charge in [0.25, 0.3) is 0 Å². The fourth-order valence-electron chi connectivity index (χ4n) is 1.64. The lowest BCUT2D eigenvalue weighted by Crippen LogP contribution is -2.30. The van der Waals surface area contributed by atoms with Crippen LogP contribution in [0.25, 0.3) is 0 Å². The Hall–Kier alpha value is -2.37. The first-order valence-corrected chi connectivity index (χ1v) is 6.10. The number of amides is 1. The summed E-state index contributed by atoms with van der Waals surface area (Å²) in [7, 11) is 2.75. The fraction of sp³-hybridized carbons (Fsp3) is 0.357. The molecule has 108 valence electrons. The number of para-hydroxylation sites is 1. The summed E-state index contributed by atoms with van der Waals surface area (Å²) in [6.07, 6.45) is -0.375. The first-order chi connectivity index (χ1) is 9.51. The molecule has 1 amide bonds. The largest absolute Gasteiger partial charge is 0.466 e. The van der Waals surface area contributed by atoms with E-state index in [1.54, 1.807) is 31.2 Å². The highest BCUT2D eigenvalue weighted by Crippen LogP contribution is 2.20. The fourth-order valence-corrected chi connectivity index (χ4v) is 1.64. The molecule has 0 aliphatic heterocycles. The minimum Gasteiger partial charge on any atom is -0.466 e. The van der Waals surface area contributed by atoms with Crippen LogP contribution < -0.4 is 4.90 Å². The van der Waals surface area contributed by atoms with Gasteiger partial charge in [0.05, 0.1) is 25.0 Å². The standard InChI is InChI=1S/C14H17NO5/c1-4-20-13(17)9-12(16)15(2)11-8-6-5-7-10(11)14(18)19-3/h5-8H,4,9H2,1-3H3. The molecule has 0 unspecified atom stereocenters. The molecule has 0 fully saturated rings. The maximum absolute atomic E-state index is 12.0. The summed E-state index contributed by atoms with van der Waals surface area (Å²) in [5, 5.41) is 0. The van der Waals surface area contributed by atoms with Crippen molar-refractivity contribution in [1.82, 2.24) is 0 Å². The molecule has 1 aromatic rings. The van der Waals surface area contributed by atoms with Gasteiger partial charge in [-0.25, -0.2) is 4.79 Å². The SMILES string of the molecule is CCOC(=O)CC(=O)N(C)c1ccccc1C(=O)OC. The van der Waals surface area contributed by atoms with Gasteiger partial charge in [0, 0.05) is 7.05 Å². The van der Waals surface area contributed by atoms with E-state index in [1.165, 1.54) is 19.1 Å². The van der Waals surface area contributed by atoms with E-state index in [9.17, 15) is 14.4 Å². The van der Waals surface area contributed by atoms with Gasteiger partial charge < -0.3 is 14.4 Å². The van der Waals surface area contributed by atoms with Gasteiger partial charge in [-0.1, -0.05) is 12.1 Å². The van der Waals surface area contributed by atoms with Crippen LogP contribution in [0.4, 0.5) is 5.69 Å². The van der Waals surface area contributed by atoms with Crippen molar-refractivity contribution in [2.75, 3.05) is 25.7 Å². The number of nitrogens with zero attached hydrogens (tertiary/aromatic N) is 1. The van der Waals surface area contributed by atoms with Crippen molar-refractivity contribution >= 4 is 23.5 Å². The third-order valence-electron chi connectivity index (χ3n) is 2.65. The molecule has 0 heterocycles. The second-order valence-corrected chi connectivity index (χ2v) is 3.94. The second-order valence-electron chi connectivity index (χ2n) is 3.94. The molecule has 1 rings (SSSR count). The lowest BCUT2D eigenvalue weighted by molar-refractivity contribution is -0.145. The lowest BCUT2D eigenvalue weighted by atomic mass is 10.1. The summed E-state index contributed by atoms with van der Waals surface area (Å²) in [6, 6.07) is 6.51. The number of methoxy groups -OCH3 is 1. The van der Waals surface area contributed by atoms with Crippen LogP contribution in [0.1, 0.15) is 23.7 Å². The van der Waals surface area contributed by atoms with Gasteiger partial charge in [0.2, 0.25) is 5.91 Å². The van der Waals surface area contributed by atoms with Gasteiger partial charge in [-0.2, -0.15) is 0 Å².